The third-order valence-electron chi connectivity index (χ3n) is 14.6. The van der Waals surface area contributed by atoms with Crippen LogP contribution in [0.3, 0.4) is 0 Å². The lowest BCUT2D eigenvalue weighted by Crippen LogP contribution is -2.52. The number of aryl methyl sites for hydroxylation is 1. The molecule has 4 aliphatic rings. The number of unbranched alkanes of at least 4 members (excludes halogenated alkanes) is 2. The molecule has 8 rings (SSSR count). The Hall–Kier alpha value is -7.88. The number of cyclic esters (lactones) is 1. The zero-order valence-corrected chi connectivity index (χ0v) is 42.7. The first kappa shape index (κ1) is 54.4. The second-order valence-electron chi connectivity index (χ2n) is 19.8. The molecule has 4 atom stereocenters. The predicted molar refractivity (Wildman–Crippen MR) is 271 cm³/mol. The van der Waals surface area contributed by atoms with Gasteiger partial charge in [0.05, 0.1) is 54.7 Å². The number of nitrogens with zero attached hydrogens (tertiary/aromatic N) is 3. The SMILES string of the molecule is CC[C@@]1(O)C(=O)OCc2c1cc1n(c2=O)Cc2c-1nc1cc(F)c(C)c3c1c2[C@@H](NC(=O)CCCNC(=O)CNC(=O)[C@H](Cc1ccccc1)NC(=O)CNC(=O)CNC(=O)CCCCCN1C(=O)CC(C)C1=O)CC3. The molecular weight excluding hydrogens is 986 g/mol. The summed E-state index contributed by atoms with van der Waals surface area (Å²) in [7, 11) is 0. The third-order valence-corrected chi connectivity index (χ3v) is 14.6. The summed E-state index contributed by atoms with van der Waals surface area (Å²) in [6, 6.07) is 10.1. The van der Waals surface area contributed by atoms with Gasteiger partial charge in [0, 0.05) is 67.3 Å². The number of aromatic nitrogens is 2. The molecule has 21 nitrogen and oxygen atoms in total. The van der Waals surface area contributed by atoms with Gasteiger partial charge in [-0.25, -0.2) is 14.2 Å². The summed E-state index contributed by atoms with van der Waals surface area (Å²) in [5.41, 5.74) is 2.17. The van der Waals surface area contributed by atoms with Gasteiger partial charge in [0.2, 0.25) is 47.3 Å². The van der Waals surface area contributed by atoms with Crippen molar-refractivity contribution in [1.82, 2.24) is 46.4 Å². The van der Waals surface area contributed by atoms with Crippen molar-refractivity contribution >= 4 is 64.1 Å². The summed E-state index contributed by atoms with van der Waals surface area (Å²) in [5, 5.41) is 27.9. The van der Waals surface area contributed by atoms with Crippen LogP contribution in [0.5, 0.6) is 0 Å². The molecule has 0 saturated carbocycles. The lowest BCUT2D eigenvalue weighted by Gasteiger charge is -2.31. The van der Waals surface area contributed by atoms with Crippen molar-refractivity contribution < 1.29 is 57.4 Å². The number of aliphatic hydroxyl groups is 1. The topological polar surface area (TPSA) is 293 Å². The molecule has 3 aliphatic heterocycles. The fourth-order valence-corrected chi connectivity index (χ4v) is 10.4. The van der Waals surface area contributed by atoms with E-state index in [1.807, 2.05) is 0 Å². The number of benzene rings is 2. The minimum atomic E-state index is -2.04. The number of halogens is 1. The minimum Gasteiger partial charge on any atom is -0.458 e. The highest BCUT2D eigenvalue weighted by Gasteiger charge is 2.46. The van der Waals surface area contributed by atoms with Crippen LogP contribution in [0.2, 0.25) is 0 Å². The monoisotopic (exact) mass is 1050 g/mol. The zero-order chi connectivity index (χ0) is 54.4. The van der Waals surface area contributed by atoms with Gasteiger partial charge in [-0.05, 0) is 73.8 Å². The number of amides is 8. The summed E-state index contributed by atoms with van der Waals surface area (Å²) >= 11 is 0. The average Bonchev–Trinajstić information content (AvgIpc) is 3.97. The Balaban J connectivity index is 0.800. The predicted octanol–water partition coefficient (Wildman–Crippen LogP) is 1.56. The van der Waals surface area contributed by atoms with E-state index in [1.165, 1.54) is 15.5 Å². The Kier molecular flexibility index (Phi) is 16.7. The molecule has 1 saturated heterocycles. The molecular formula is C54H62FN9O12. The maximum absolute atomic E-state index is 15.4. The van der Waals surface area contributed by atoms with Crippen molar-refractivity contribution in [2.75, 3.05) is 32.7 Å². The molecule has 402 valence electrons. The van der Waals surface area contributed by atoms with Gasteiger partial charge < -0.3 is 46.3 Å². The van der Waals surface area contributed by atoms with E-state index in [-0.39, 0.29) is 105 Å². The Morgan fingerprint density at radius 3 is 2.30 bits per heavy atom. The van der Waals surface area contributed by atoms with E-state index in [0.29, 0.717) is 83.2 Å². The molecule has 22 heteroatoms. The first-order valence-electron chi connectivity index (χ1n) is 25.7. The highest BCUT2D eigenvalue weighted by molar-refractivity contribution is 6.03. The fraction of sp³-hybridized carbons (Fsp3) is 0.463. The van der Waals surface area contributed by atoms with E-state index < -0.39 is 71.7 Å². The molecule has 0 bridgehead atoms. The molecule has 2 aromatic heterocycles. The number of esters is 1. The van der Waals surface area contributed by atoms with Gasteiger partial charge in [-0.2, -0.15) is 0 Å². The van der Waals surface area contributed by atoms with Crippen molar-refractivity contribution in [3.63, 3.8) is 0 Å². The molecule has 1 unspecified atom stereocenters. The van der Waals surface area contributed by atoms with Gasteiger partial charge in [0.15, 0.2) is 5.60 Å². The highest BCUT2D eigenvalue weighted by Crippen LogP contribution is 2.46. The minimum absolute atomic E-state index is 0.00717. The standard InChI is InChI=1S/C54H62FN9O12/c1-4-54(75)35-22-40-49-33(27-64(40)52(73)34(35)28-76-53(54)74)48-37(17-16-32-30(3)36(55)23-38(62-49)47(32)48)60-42(66)15-11-18-56-43(67)25-59-50(71)39(21-31-12-7-5-8-13-31)61-45(69)26-58-44(68)24-57-41(65)14-9-6-10-19-63-46(70)20-29(2)51(63)72/h5,7-8,12-13,22-23,29,37,39,75H,4,6,9-11,14-21,24-28H2,1-3H3,(H,56,67)(H,57,65)(H,58,68)(H,59,71)(H,60,66)(H,61,69)/t29?,37-,39-,54-/m0/s1. The lowest BCUT2D eigenvalue weighted by molar-refractivity contribution is -0.172. The summed E-state index contributed by atoms with van der Waals surface area (Å²) in [6.07, 6.45) is 3.10. The molecule has 1 fully saturated rings. The number of carbonyl (C=O) groups is 9. The number of hydrogen-bond acceptors (Lipinski definition) is 13. The zero-order valence-electron chi connectivity index (χ0n) is 42.7. The van der Waals surface area contributed by atoms with Gasteiger partial charge >= 0.3 is 5.97 Å². The molecule has 4 aromatic rings. The second kappa shape index (κ2) is 23.3. The number of imide groups is 1. The van der Waals surface area contributed by atoms with E-state index in [2.05, 4.69) is 31.9 Å². The Bertz CT molecular complexity index is 3090. The van der Waals surface area contributed by atoms with Crippen LogP contribution in [-0.2, 0) is 79.5 Å². The van der Waals surface area contributed by atoms with Crippen LogP contribution in [0, 0.1) is 18.7 Å². The average molecular weight is 1050 g/mol. The molecule has 7 N–H and O–H groups in total. The van der Waals surface area contributed by atoms with Crippen molar-refractivity contribution in [1.29, 1.82) is 0 Å². The number of rotatable bonds is 22. The van der Waals surface area contributed by atoms with Crippen molar-refractivity contribution in [2.45, 2.75) is 122 Å². The number of ether oxygens (including phenoxy) is 1. The molecule has 0 radical (unpaired) electrons. The van der Waals surface area contributed by atoms with E-state index in [1.54, 1.807) is 57.2 Å². The summed E-state index contributed by atoms with van der Waals surface area (Å²) in [6.45, 7) is 3.84. The van der Waals surface area contributed by atoms with Crippen LogP contribution in [0.25, 0.3) is 22.3 Å². The quantitative estimate of drug-likeness (QED) is 0.0295. The molecule has 76 heavy (non-hydrogen) atoms. The smallest absolute Gasteiger partial charge is 0.343 e. The first-order chi connectivity index (χ1) is 36.4. The van der Waals surface area contributed by atoms with Gasteiger partial charge in [-0.1, -0.05) is 50.6 Å². The normalized spacial score (nSPS) is 18.5. The van der Waals surface area contributed by atoms with E-state index >= 15 is 4.39 Å². The van der Waals surface area contributed by atoms with Crippen LogP contribution in [0.15, 0.2) is 47.3 Å². The van der Waals surface area contributed by atoms with Gasteiger partial charge in [0.1, 0.15) is 18.5 Å². The van der Waals surface area contributed by atoms with Crippen LogP contribution < -0.4 is 37.5 Å². The van der Waals surface area contributed by atoms with Gasteiger partial charge in [-0.15, -0.1) is 0 Å². The third kappa shape index (κ3) is 11.7. The number of carbonyl (C=O) groups excluding carboxylic acids is 9. The maximum Gasteiger partial charge on any atom is 0.343 e. The largest absolute Gasteiger partial charge is 0.458 e. The molecule has 5 heterocycles. The fourth-order valence-electron chi connectivity index (χ4n) is 10.4. The summed E-state index contributed by atoms with van der Waals surface area (Å²) < 4.78 is 22.1. The number of pyridine rings is 2. The Labute approximate surface area is 436 Å². The molecule has 0 spiro atoms. The number of fused-ring (bicyclic) bond motifs is 5. The van der Waals surface area contributed by atoms with E-state index in [0.717, 1.165) is 5.56 Å². The second-order valence-corrected chi connectivity index (χ2v) is 19.8. The van der Waals surface area contributed by atoms with E-state index in [9.17, 15) is 53.1 Å². The van der Waals surface area contributed by atoms with Crippen LogP contribution in [-0.4, -0.2) is 112 Å². The molecule has 2 aromatic carbocycles. The van der Waals surface area contributed by atoms with Crippen LogP contribution in [0.1, 0.15) is 117 Å². The molecule has 8 amide bonds. The Morgan fingerprint density at radius 1 is 0.855 bits per heavy atom. The van der Waals surface area contributed by atoms with E-state index in [4.69, 9.17) is 9.72 Å². The van der Waals surface area contributed by atoms with Crippen molar-refractivity contribution in [3.05, 3.63) is 97.6 Å². The van der Waals surface area contributed by atoms with Crippen molar-refractivity contribution in [3.8, 4) is 11.4 Å². The Morgan fingerprint density at radius 2 is 1.57 bits per heavy atom. The van der Waals surface area contributed by atoms with Gasteiger partial charge in [-0.3, -0.25) is 48.1 Å². The number of nitrogens with one attached hydrogen (secondary N) is 6. The van der Waals surface area contributed by atoms with Crippen LogP contribution >= 0.6 is 0 Å². The number of hydrogen-bond donors (Lipinski definition) is 7. The highest BCUT2D eigenvalue weighted by atomic mass is 19.1. The maximum atomic E-state index is 15.4. The first-order valence-corrected chi connectivity index (χ1v) is 25.7. The lowest BCUT2D eigenvalue weighted by atomic mass is 9.81. The summed E-state index contributed by atoms with van der Waals surface area (Å²) in [5.74, 6) is -5.25. The van der Waals surface area contributed by atoms with Crippen molar-refractivity contribution in [2.24, 2.45) is 5.92 Å². The van der Waals surface area contributed by atoms with Crippen LogP contribution in [0.4, 0.5) is 4.39 Å². The summed E-state index contributed by atoms with van der Waals surface area (Å²) in [4.78, 5) is 134. The van der Waals surface area contributed by atoms with Gasteiger partial charge in [0.25, 0.3) is 5.56 Å². The molecule has 1 aliphatic carbocycles. The number of likely N-dealkylation sites (tertiary alicyclic amines) is 1.